The van der Waals surface area contributed by atoms with Crippen LogP contribution in [-0.2, 0) is 4.74 Å². The van der Waals surface area contributed by atoms with Crippen molar-refractivity contribution in [1.82, 2.24) is 0 Å². The number of hydrogen-bond donors (Lipinski definition) is 3. The minimum atomic E-state index is -1.53. The third-order valence-electron chi connectivity index (χ3n) is 3.20. The number of phenols is 2. The van der Waals surface area contributed by atoms with Gasteiger partial charge in [0.1, 0.15) is 28.7 Å². The summed E-state index contributed by atoms with van der Waals surface area (Å²) < 4.78 is 4.96. The van der Waals surface area contributed by atoms with Gasteiger partial charge in [-0.1, -0.05) is 6.58 Å². The molecule has 1 heterocycles. The first kappa shape index (κ1) is 12.9. The minimum Gasteiger partial charge on any atom is -0.507 e. The average molecular weight is 264 g/mol. The molecule has 0 saturated carbocycles. The Morgan fingerprint density at radius 1 is 1.26 bits per heavy atom. The molecule has 0 bridgehead atoms. The Kier molecular flexibility index (Phi) is 2.73. The van der Waals surface area contributed by atoms with Gasteiger partial charge in [0.15, 0.2) is 0 Å². The molecule has 0 aliphatic carbocycles. The van der Waals surface area contributed by atoms with Gasteiger partial charge in [-0.2, -0.15) is 0 Å². The summed E-state index contributed by atoms with van der Waals surface area (Å²) in [5, 5.41) is 28.7. The molecule has 19 heavy (non-hydrogen) atoms. The summed E-state index contributed by atoms with van der Waals surface area (Å²) in [5.41, 5.74) is -0.163. The zero-order chi connectivity index (χ0) is 14.5. The Morgan fingerprint density at radius 3 is 2.37 bits per heavy atom. The van der Waals surface area contributed by atoms with Crippen molar-refractivity contribution in [3.63, 3.8) is 0 Å². The van der Waals surface area contributed by atoms with Gasteiger partial charge in [0.05, 0.1) is 0 Å². The lowest BCUT2D eigenvalue weighted by Crippen LogP contribution is -2.25. The van der Waals surface area contributed by atoms with E-state index in [1.165, 1.54) is 6.92 Å². The van der Waals surface area contributed by atoms with Crippen LogP contribution in [0.2, 0.25) is 0 Å². The van der Waals surface area contributed by atoms with Gasteiger partial charge >= 0.3 is 11.9 Å². The van der Waals surface area contributed by atoms with E-state index < -0.39 is 35.1 Å². The summed E-state index contributed by atoms with van der Waals surface area (Å²) in [6.07, 6.45) is -0.604. The van der Waals surface area contributed by atoms with E-state index in [1.54, 1.807) is 6.92 Å². The van der Waals surface area contributed by atoms with Crippen LogP contribution < -0.4 is 0 Å². The highest BCUT2D eigenvalue weighted by Gasteiger charge is 2.36. The molecule has 0 spiro atoms. The van der Waals surface area contributed by atoms with Gasteiger partial charge in [-0.15, -0.1) is 0 Å². The van der Waals surface area contributed by atoms with Gasteiger partial charge in [0.2, 0.25) is 0 Å². The molecular weight excluding hydrogens is 252 g/mol. The Bertz CT molecular complexity index is 629. The maximum Gasteiger partial charge on any atom is 0.343 e. The fourth-order valence-electron chi connectivity index (χ4n) is 2.15. The van der Waals surface area contributed by atoms with Crippen LogP contribution in [0.3, 0.4) is 0 Å². The van der Waals surface area contributed by atoms with E-state index in [9.17, 15) is 19.8 Å². The molecular formula is C13H12O6. The van der Waals surface area contributed by atoms with Gasteiger partial charge in [-0.05, 0) is 19.4 Å². The second-order valence-electron chi connectivity index (χ2n) is 4.33. The predicted octanol–water partition coefficient (Wildman–Crippen LogP) is 1.68. The molecule has 6 nitrogen and oxygen atoms in total. The third kappa shape index (κ3) is 1.64. The van der Waals surface area contributed by atoms with Crippen molar-refractivity contribution in [3.05, 3.63) is 28.8 Å². The third-order valence-corrected chi connectivity index (χ3v) is 3.20. The number of rotatable bonds is 1. The standard InChI is InChI=1S/C13H12O6/c1-4-6(3)19-13(18)8-7(4)5(2)10(14)9(11(8)15)12(16)17/h6,14-15H,1H2,2-3H3,(H,16,17)/t6-/m1/s1. The number of carboxylic acids is 1. The number of cyclic esters (lactones) is 1. The van der Waals surface area contributed by atoms with Gasteiger partial charge < -0.3 is 20.1 Å². The van der Waals surface area contributed by atoms with Gasteiger partial charge in [-0.3, -0.25) is 0 Å². The number of benzene rings is 1. The lowest BCUT2D eigenvalue weighted by atomic mass is 9.87. The maximum atomic E-state index is 11.8. The van der Waals surface area contributed by atoms with Crippen LogP contribution in [0, 0.1) is 6.92 Å². The number of carbonyl (C=O) groups is 2. The first-order valence-corrected chi connectivity index (χ1v) is 5.49. The van der Waals surface area contributed by atoms with Crippen molar-refractivity contribution in [1.29, 1.82) is 0 Å². The molecule has 3 N–H and O–H groups in total. The molecule has 0 aromatic heterocycles. The van der Waals surface area contributed by atoms with Crippen LogP contribution in [0.15, 0.2) is 6.58 Å². The summed E-state index contributed by atoms with van der Waals surface area (Å²) in [5.74, 6) is -3.74. The number of ether oxygens (including phenoxy) is 1. The predicted molar refractivity (Wildman–Crippen MR) is 65.4 cm³/mol. The molecule has 1 aliphatic heterocycles. The Hall–Kier alpha value is -2.50. The van der Waals surface area contributed by atoms with Crippen molar-refractivity contribution in [2.75, 3.05) is 0 Å². The van der Waals surface area contributed by atoms with Crippen molar-refractivity contribution >= 4 is 17.5 Å². The number of hydrogen-bond acceptors (Lipinski definition) is 5. The largest absolute Gasteiger partial charge is 0.507 e. The van der Waals surface area contributed by atoms with Crippen LogP contribution in [0.4, 0.5) is 0 Å². The van der Waals surface area contributed by atoms with Crippen LogP contribution in [-0.4, -0.2) is 33.4 Å². The monoisotopic (exact) mass is 264 g/mol. The summed E-state index contributed by atoms with van der Waals surface area (Å²) in [6, 6.07) is 0. The maximum absolute atomic E-state index is 11.8. The zero-order valence-electron chi connectivity index (χ0n) is 10.4. The van der Waals surface area contributed by atoms with E-state index in [1.807, 2.05) is 0 Å². The van der Waals surface area contributed by atoms with E-state index in [2.05, 4.69) is 6.58 Å². The number of carboxylic acid groups (broad SMARTS) is 1. The van der Waals surface area contributed by atoms with Crippen molar-refractivity contribution < 1.29 is 29.6 Å². The molecule has 1 aliphatic rings. The molecule has 1 atom stereocenters. The summed E-state index contributed by atoms with van der Waals surface area (Å²) >= 11 is 0. The van der Waals surface area contributed by atoms with Crippen LogP contribution in [0.5, 0.6) is 11.5 Å². The number of esters is 1. The molecule has 2 rings (SSSR count). The van der Waals surface area contributed by atoms with E-state index in [4.69, 9.17) is 9.84 Å². The fourth-order valence-corrected chi connectivity index (χ4v) is 2.15. The second kappa shape index (κ2) is 4.01. The molecule has 0 radical (unpaired) electrons. The Balaban J connectivity index is 2.92. The SMILES string of the molecule is C=C1c2c(C)c(O)c(C(=O)O)c(O)c2C(=O)O[C@@H]1C. The van der Waals surface area contributed by atoms with Crippen LogP contribution >= 0.6 is 0 Å². The molecule has 0 unspecified atom stereocenters. The molecule has 100 valence electrons. The number of aromatic carboxylic acids is 1. The summed E-state index contributed by atoms with van der Waals surface area (Å²) in [6.45, 7) is 6.80. The lowest BCUT2D eigenvalue weighted by molar-refractivity contribution is 0.0416. The molecule has 1 aromatic rings. The highest BCUT2D eigenvalue weighted by molar-refractivity contribution is 6.07. The van der Waals surface area contributed by atoms with E-state index in [0.717, 1.165) is 0 Å². The lowest BCUT2D eigenvalue weighted by Gasteiger charge is -2.27. The molecule has 0 saturated heterocycles. The molecule has 0 fully saturated rings. The highest BCUT2D eigenvalue weighted by atomic mass is 16.5. The fraction of sp³-hybridized carbons (Fsp3) is 0.231. The number of carbonyl (C=O) groups excluding carboxylic acids is 1. The smallest absolute Gasteiger partial charge is 0.343 e. The van der Waals surface area contributed by atoms with E-state index in [0.29, 0.717) is 5.57 Å². The molecule has 6 heteroatoms. The summed E-state index contributed by atoms with van der Waals surface area (Å²) in [7, 11) is 0. The summed E-state index contributed by atoms with van der Waals surface area (Å²) in [4.78, 5) is 22.8. The van der Waals surface area contributed by atoms with Crippen molar-refractivity contribution in [3.8, 4) is 11.5 Å². The highest BCUT2D eigenvalue weighted by Crippen LogP contribution is 2.43. The van der Waals surface area contributed by atoms with Crippen molar-refractivity contribution in [2.24, 2.45) is 0 Å². The zero-order valence-corrected chi connectivity index (χ0v) is 10.4. The van der Waals surface area contributed by atoms with Gasteiger partial charge in [0, 0.05) is 11.1 Å². The quantitative estimate of drug-likeness (QED) is 0.666. The molecule has 1 aromatic carbocycles. The second-order valence-corrected chi connectivity index (χ2v) is 4.33. The number of aromatic hydroxyl groups is 2. The Morgan fingerprint density at radius 2 is 1.84 bits per heavy atom. The average Bonchev–Trinajstić information content (AvgIpc) is 2.30. The Labute approximate surface area is 108 Å². The van der Waals surface area contributed by atoms with Crippen molar-refractivity contribution in [2.45, 2.75) is 20.0 Å². The van der Waals surface area contributed by atoms with Gasteiger partial charge in [0.25, 0.3) is 0 Å². The number of fused-ring (bicyclic) bond motifs is 1. The molecule has 0 amide bonds. The topological polar surface area (TPSA) is 104 Å². The first-order valence-electron chi connectivity index (χ1n) is 5.49. The van der Waals surface area contributed by atoms with E-state index in [-0.39, 0.29) is 16.7 Å². The van der Waals surface area contributed by atoms with Crippen LogP contribution in [0.25, 0.3) is 5.57 Å². The van der Waals surface area contributed by atoms with E-state index >= 15 is 0 Å². The van der Waals surface area contributed by atoms with Gasteiger partial charge in [-0.25, -0.2) is 9.59 Å². The normalized spacial score (nSPS) is 17.9. The minimum absolute atomic E-state index is 0.179. The first-order chi connectivity index (χ1) is 8.77. The van der Waals surface area contributed by atoms with Crippen LogP contribution in [0.1, 0.15) is 38.8 Å².